The van der Waals surface area contributed by atoms with Crippen molar-refractivity contribution in [1.29, 1.82) is 0 Å². The molecule has 0 bridgehead atoms. The molecule has 0 radical (unpaired) electrons. The number of piperidine rings is 1. The van der Waals surface area contributed by atoms with Crippen LogP contribution in [-0.2, 0) is 4.74 Å². The first kappa shape index (κ1) is 20.1. The summed E-state index contributed by atoms with van der Waals surface area (Å²) in [6.45, 7) is 3.25. The fourth-order valence-electron chi connectivity index (χ4n) is 3.36. The summed E-state index contributed by atoms with van der Waals surface area (Å²) in [4.78, 5) is 16.5. The Labute approximate surface area is 153 Å². The molecule has 5 nitrogen and oxygen atoms in total. The number of aliphatic hydroxyl groups is 1. The van der Waals surface area contributed by atoms with Gasteiger partial charge in [-0.05, 0) is 43.5 Å². The van der Waals surface area contributed by atoms with Crippen molar-refractivity contribution < 1.29 is 19.0 Å². The van der Waals surface area contributed by atoms with Gasteiger partial charge in [0.1, 0.15) is 5.82 Å². The minimum absolute atomic E-state index is 0.00823. The van der Waals surface area contributed by atoms with E-state index in [1.54, 1.807) is 12.0 Å². The molecule has 1 heterocycles. The highest BCUT2D eigenvalue weighted by atomic mass is 35.5. The van der Waals surface area contributed by atoms with Gasteiger partial charge in [-0.25, -0.2) is 4.39 Å². The van der Waals surface area contributed by atoms with Crippen molar-refractivity contribution >= 4 is 17.5 Å². The zero-order chi connectivity index (χ0) is 18.4. The van der Waals surface area contributed by atoms with Crippen LogP contribution < -0.4 is 0 Å². The molecule has 1 amide bonds. The van der Waals surface area contributed by atoms with Crippen LogP contribution in [0.1, 0.15) is 16.8 Å². The number of nitrogens with zero attached hydrogens (tertiary/aromatic N) is 2. The van der Waals surface area contributed by atoms with Gasteiger partial charge in [0, 0.05) is 44.9 Å². The van der Waals surface area contributed by atoms with Gasteiger partial charge < -0.3 is 19.6 Å². The molecule has 1 aromatic rings. The number of carbonyl (C=O) groups is 1. The molecule has 1 N–H and O–H groups in total. The normalized spacial score (nSPS) is 21.0. The number of methoxy groups -OCH3 is 1. The number of halogens is 2. The molecule has 0 saturated carbocycles. The van der Waals surface area contributed by atoms with E-state index in [9.17, 15) is 14.3 Å². The average molecular weight is 373 g/mol. The van der Waals surface area contributed by atoms with Gasteiger partial charge in [0.15, 0.2) is 0 Å². The van der Waals surface area contributed by atoms with Crippen molar-refractivity contribution in [2.24, 2.45) is 11.8 Å². The molecule has 1 aromatic carbocycles. The molecule has 25 heavy (non-hydrogen) atoms. The molecular weight excluding hydrogens is 347 g/mol. The van der Waals surface area contributed by atoms with Gasteiger partial charge in [0.2, 0.25) is 0 Å². The average Bonchev–Trinajstić information content (AvgIpc) is 2.59. The molecule has 140 valence electrons. The first-order valence-electron chi connectivity index (χ1n) is 8.47. The fourth-order valence-corrected chi connectivity index (χ4v) is 3.52. The number of hydrogen-bond acceptors (Lipinski definition) is 4. The first-order chi connectivity index (χ1) is 11.9. The molecule has 0 aromatic heterocycles. The lowest BCUT2D eigenvalue weighted by Gasteiger charge is -2.38. The van der Waals surface area contributed by atoms with E-state index in [-0.39, 0.29) is 34.9 Å². The third-order valence-corrected chi connectivity index (χ3v) is 4.81. The number of aliphatic hydroxyl groups excluding tert-OH is 1. The lowest BCUT2D eigenvalue weighted by molar-refractivity contribution is 0.0447. The summed E-state index contributed by atoms with van der Waals surface area (Å²) in [5.74, 6) is -0.727. The molecular formula is C18H26ClFN2O3. The van der Waals surface area contributed by atoms with Crippen molar-refractivity contribution in [1.82, 2.24) is 9.80 Å². The molecule has 0 unspecified atom stereocenters. The van der Waals surface area contributed by atoms with Gasteiger partial charge in [-0.3, -0.25) is 4.79 Å². The molecule has 2 atom stereocenters. The minimum atomic E-state index is -0.614. The molecule has 1 fully saturated rings. The Hall–Kier alpha value is -1.21. The standard InChI is InChI=1S/C18H26ClFN2O3/c1-21(5-6-25-2)9-13-7-14(12-23)11-22(10-13)18(24)16-4-3-15(19)8-17(16)20/h3-4,8,13-14,23H,5-7,9-12H2,1-2H3/t13-,14+/m1/s1. The maximum Gasteiger partial charge on any atom is 0.256 e. The second-order valence-corrected chi connectivity index (χ2v) is 7.18. The van der Waals surface area contributed by atoms with Crippen LogP contribution in [0.2, 0.25) is 5.02 Å². The molecule has 2 rings (SSSR count). The summed E-state index contributed by atoms with van der Waals surface area (Å²) in [5.41, 5.74) is 0.0227. The first-order valence-corrected chi connectivity index (χ1v) is 8.85. The SMILES string of the molecule is COCCN(C)C[C@H]1C[C@H](CO)CN(C(=O)c2ccc(Cl)cc2F)C1. The molecule has 7 heteroatoms. The molecule has 1 saturated heterocycles. The largest absolute Gasteiger partial charge is 0.396 e. The number of ether oxygens (including phenoxy) is 1. The number of likely N-dealkylation sites (N-methyl/N-ethyl adjacent to an activating group) is 1. The number of benzene rings is 1. The topological polar surface area (TPSA) is 53.0 Å². The van der Waals surface area contributed by atoms with Crippen LogP contribution in [0, 0.1) is 17.7 Å². The maximum atomic E-state index is 14.1. The van der Waals surface area contributed by atoms with Gasteiger partial charge in [-0.2, -0.15) is 0 Å². The molecule has 1 aliphatic rings. The fraction of sp³-hybridized carbons (Fsp3) is 0.611. The van der Waals surface area contributed by atoms with Crippen LogP contribution in [0.4, 0.5) is 4.39 Å². The lowest BCUT2D eigenvalue weighted by Crippen LogP contribution is -2.48. The Bertz CT molecular complexity index is 587. The molecule has 1 aliphatic heterocycles. The number of rotatable bonds is 7. The van der Waals surface area contributed by atoms with E-state index >= 15 is 0 Å². The highest BCUT2D eigenvalue weighted by Gasteiger charge is 2.31. The van der Waals surface area contributed by atoms with Gasteiger partial charge >= 0.3 is 0 Å². The van der Waals surface area contributed by atoms with Crippen LogP contribution in [0.5, 0.6) is 0 Å². The smallest absolute Gasteiger partial charge is 0.256 e. The van der Waals surface area contributed by atoms with Gasteiger partial charge in [-0.1, -0.05) is 11.6 Å². The van der Waals surface area contributed by atoms with Gasteiger partial charge in [-0.15, -0.1) is 0 Å². The second kappa shape index (κ2) is 9.48. The van der Waals surface area contributed by atoms with E-state index in [0.29, 0.717) is 19.7 Å². The molecule has 0 spiro atoms. The van der Waals surface area contributed by atoms with E-state index < -0.39 is 5.82 Å². The predicted molar refractivity (Wildman–Crippen MR) is 95.4 cm³/mol. The van der Waals surface area contributed by atoms with E-state index in [2.05, 4.69) is 4.90 Å². The Kier molecular flexibility index (Phi) is 7.62. The summed E-state index contributed by atoms with van der Waals surface area (Å²) in [7, 11) is 3.67. The quantitative estimate of drug-likeness (QED) is 0.796. The monoisotopic (exact) mass is 372 g/mol. The minimum Gasteiger partial charge on any atom is -0.396 e. The van der Waals surface area contributed by atoms with Crippen molar-refractivity contribution in [2.45, 2.75) is 6.42 Å². The highest BCUT2D eigenvalue weighted by molar-refractivity contribution is 6.30. The zero-order valence-corrected chi connectivity index (χ0v) is 15.5. The van der Waals surface area contributed by atoms with Gasteiger partial charge in [0.25, 0.3) is 5.91 Å². The number of amides is 1. The Morgan fingerprint density at radius 2 is 2.16 bits per heavy atom. The van der Waals surface area contributed by atoms with Crippen LogP contribution in [0.3, 0.4) is 0 Å². The van der Waals surface area contributed by atoms with Crippen molar-refractivity contribution in [3.63, 3.8) is 0 Å². The van der Waals surface area contributed by atoms with Crippen molar-refractivity contribution in [2.75, 3.05) is 53.6 Å². The predicted octanol–water partition coefficient (Wildman–Crippen LogP) is 2.13. The highest BCUT2D eigenvalue weighted by Crippen LogP contribution is 2.25. The maximum absolute atomic E-state index is 14.1. The van der Waals surface area contributed by atoms with Crippen LogP contribution >= 0.6 is 11.6 Å². The number of hydrogen-bond donors (Lipinski definition) is 1. The summed E-state index contributed by atoms with van der Waals surface area (Å²) in [5, 5.41) is 9.84. The van der Waals surface area contributed by atoms with E-state index in [1.165, 1.54) is 12.1 Å². The van der Waals surface area contributed by atoms with Crippen LogP contribution in [0.25, 0.3) is 0 Å². The second-order valence-electron chi connectivity index (χ2n) is 6.74. The Morgan fingerprint density at radius 3 is 2.80 bits per heavy atom. The van der Waals surface area contributed by atoms with Crippen LogP contribution in [0.15, 0.2) is 18.2 Å². The van der Waals surface area contributed by atoms with Gasteiger partial charge in [0.05, 0.1) is 12.2 Å². The van der Waals surface area contributed by atoms with E-state index in [1.807, 2.05) is 7.05 Å². The van der Waals surface area contributed by atoms with E-state index in [0.717, 1.165) is 25.6 Å². The number of carbonyl (C=O) groups excluding carboxylic acids is 1. The zero-order valence-electron chi connectivity index (χ0n) is 14.8. The van der Waals surface area contributed by atoms with Crippen molar-refractivity contribution in [3.05, 3.63) is 34.6 Å². The Balaban J connectivity index is 2.07. The molecule has 0 aliphatic carbocycles. The lowest BCUT2D eigenvalue weighted by atomic mass is 9.89. The summed E-state index contributed by atoms with van der Waals surface area (Å²) >= 11 is 5.76. The third-order valence-electron chi connectivity index (χ3n) is 4.58. The third kappa shape index (κ3) is 5.64. The Morgan fingerprint density at radius 1 is 1.44 bits per heavy atom. The van der Waals surface area contributed by atoms with Crippen molar-refractivity contribution in [3.8, 4) is 0 Å². The van der Waals surface area contributed by atoms with E-state index in [4.69, 9.17) is 16.3 Å². The summed E-state index contributed by atoms with van der Waals surface area (Å²) in [6, 6.07) is 4.09. The number of likely N-dealkylation sites (tertiary alicyclic amines) is 1. The summed E-state index contributed by atoms with van der Waals surface area (Å²) in [6.07, 6.45) is 0.848. The summed E-state index contributed by atoms with van der Waals surface area (Å²) < 4.78 is 19.2. The van der Waals surface area contributed by atoms with Crippen LogP contribution in [-0.4, -0.2) is 74.4 Å².